The maximum atomic E-state index is 12.7. The van der Waals surface area contributed by atoms with E-state index in [-0.39, 0.29) is 18.4 Å². The van der Waals surface area contributed by atoms with E-state index in [4.69, 9.17) is 5.73 Å². The van der Waals surface area contributed by atoms with Crippen LogP contribution in [0.4, 0.5) is 4.79 Å². The molecule has 1 rings (SSSR count). The number of carbonyl (C=O) groups excluding carboxylic acids is 3. The molecule has 0 spiro atoms. The molecule has 1 aliphatic rings. The molecule has 4 amide bonds. The average molecular weight is 312 g/mol. The van der Waals surface area contributed by atoms with Crippen molar-refractivity contribution in [3.8, 4) is 0 Å². The Hall–Kier alpha value is -1.79. The Bertz CT molecular complexity index is 431. The van der Waals surface area contributed by atoms with Crippen LogP contribution in [0, 0.1) is 5.41 Å². The highest BCUT2D eigenvalue weighted by Gasteiger charge is 2.36. The van der Waals surface area contributed by atoms with Crippen LogP contribution in [0.5, 0.6) is 0 Å². The number of nitrogens with two attached hydrogens (primary N) is 1. The molecule has 7 nitrogen and oxygen atoms in total. The quantitative estimate of drug-likeness (QED) is 0.793. The van der Waals surface area contributed by atoms with Gasteiger partial charge in [-0.3, -0.25) is 9.59 Å². The molecule has 0 bridgehead atoms. The van der Waals surface area contributed by atoms with Crippen molar-refractivity contribution in [1.29, 1.82) is 0 Å². The molecule has 1 saturated heterocycles. The Morgan fingerprint density at radius 2 is 1.95 bits per heavy atom. The third kappa shape index (κ3) is 4.89. The lowest BCUT2D eigenvalue weighted by molar-refractivity contribution is -0.141. The fraction of sp³-hybridized carbons (Fsp3) is 0.800. The van der Waals surface area contributed by atoms with Crippen molar-refractivity contribution in [3.63, 3.8) is 0 Å². The minimum absolute atomic E-state index is 0.0422. The minimum Gasteiger partial charge on any atom is -0.352 e. The molecule has 0 aromatic heterocycles. The molecule has 0 saturated carbocycles. The molecular weight excluding hydrogens is 284 g/mol. The highest BCUT2D eigenvalue weighted by atomic mass is 16.2. The van der Waals surface area contributed by atoms with E-state index in [0.29, 0.717) is 19.6 Å². The van der Waals surface area contributed by atoms with Crippen molar-refractivity contribution in [3.05, 3.63) is 0 Å². The van der Waals surface area contributed by atoms with Crippen LogP contribution < -0.4 is 11.1 Å². The van der Waals surface area contributed by atoms with E-state index in [1.807, 2.05) is 27.7 Å². The number of carbonyl (C=O) groups is 3. The zero-order chi connectivity index (χ0) is 16.9. The Morgan fingerprint density at radius 3 is 2.45 bits per heavy atom. The topological polar surface area (TPSA) is 95.7 Å². The van der Waals surface area contributed by atoms with Crippen LogP contribution in [0.3, 0.4) is 0 Å². The first kappa shape index (κ1) is 18.3. The summed E-state index contributed by atoms with van der Waals surface area (Å²) in [5.41, 5.74) is 4.70. The highest BCUT2D eigenvalue weighted by molar-refractivity contribution is 5.90. The maximum Gasteiger partial charge on any atom is 0.312 e. The van der Waals surface area contributed by atoms with Gasteiger partial charge in [-0.05, 0) is 18.3 Å². The van der Waals surface area contributed by atoms with Crippen molar-refractivity contribution < 1.29 is 14.4 Å². The van der Waals surface area contributed by atoms with Crippen LogP contribution in [0.15, 0.2) is 0 Å². The number of hydrogen-bond donors (Lipinski definition) is 2. The van der Waals surface area contributed by atoms with Gasteiger partial charge in [0.15, 0.2) is 0 Å². The molecule has 0 aromatic carbocycles. The van der Waals surface area contributed by atoms with Gasteiger partial charge in [-0.25, -0.2) is 4.79 Å². The van der Waals surface area contributed by atoms with Gasteiger partial charge in [-0.15, -0.1) is 0 Å². The van der Waals surface area contributed by atoms with Gasteiger partial charge in [0.1, 0.15) is 6.04 Å². The smallest absolute Gasteiger partial charge is 0.312 e. The second-order valence-electron chi connectivity index (χ2n) is 6.80. The number of nitrogens with zero attached hydrogens (tertiary/aromatic N) is 2. The van der Waals surface area contributed by atoms with E-state index >= 15 is 0 Å². The molecule has 0 radical (unpaired) electrons. The Kier molecular flexibility index (Phi) is 6.20. The van der Waals surface area contributed by atoms with Crippen molar-refractivity contribution >= 4 is 17.8 Å². The van der Waals surface area contributed by atoms with Gasteiger partial charge in [0.05, 0.1) is 6.54 Å². The molecule has 0 aromatic rings. The molecule has 1 atom stereocenters. The lowest BCUT2D eigenvalue weighted by Crippen LogP contribution is -2.56. The van der Waals surface area contributed by atoms with E-state index in [2.05, 4.69) is 5.32 Å². The summed E-state index contributed by atoms with van der Waals surface area (Å²) >= 11 is 0. The number of amides is 4. The molecule has 1 heterocycles. The predicted octanol–water partition coefficient (Wildman–Crippen LogP) is 0.540. The number of hydrogen-bond acceptors (Lipinski definition) is 3. The first-order valence-electron chi connectivity index (χ1n) is 7.79. The number of nitrogens with one attached hydrogen (secondary N) is 1. The summed E-state index contributed by atoms with van der Waals surface area (Å²) in [6, 6.07) is -1.47. The number of rotatable bonds is 4. The van der Waals surface area contributed by atoms with Crippen LogP contribution in [0.25, 0.3) is 0 Å². The average Bonchev–Trinajstić information content (AvgIpc) is 2.57. The van der Waals surface area contributed by atoms with Gasteiger partial charge in [0, 0.05) is 19.6 Å². The first-order valence-corrected chi connectivity index (χ1v) is 7.79. The summed E-state index contributed by atoms with van der Waals surface area (Å²) < 4.78 is 0. The van der Waals surface area contributed by atoms with Crippen LogP contribution in [0.1, 0.15) is 40.5 Å². The fourth-order valence-electron chi connectivity index (χ4n) is 2.59. The largest absolute Gasteiger partial charge is 0.352 e. The van der Waals surface area contributed by atoms with Crippen LogP contribution >= 0.6 is 0 Å². The molecule has 0 aliphatic carbocycles. The minimum atomic E-state index is -0.740. The highest BCUT2D eigenvalue weighted by Crippen LogP contribution is 2.22. The Labute approximate surface area is 132 Å². The SMILES string of the molecule is CCCN1CCCN(C(=O)[C@@H](NC(N)=O)C(C)(C)C)CC1=O. The summed E-state index contributed by atoms with van der Waals surface area (Å²) in [5, 5.41) is 2.51. The summed E-state index contributed by atoms with van der Waals surface area (Å²) in [5.74, 6) is -0.294. The van der Waals surface area contributed by atoms with Gasteiger partial charge >= 0.3 is 6.03 Å². The molecule has 1 aliphatic heterocycles. The lowest BCUT2D eigenvalue weighted by Gasteiger charge is -2.33. The van der Waals surface area contributed by atoms with E-state index in [9.17, 15) is 14.4 Å². The fourth-order valence-corrected chi connectivity index (χ4v) is 2.59. The number of primary amides is 1. The maximum absolute atomic E-state index is 12.7. The van der Waals surface area contributed by atoms with Gasteiger partial charge in [-0.1, -0.05) is 27.7 Å². The Morgan fingerprint density at radius 1 is 1.32 bits per heavy atom. The summed E-state index contributed by atoms with van der Waals surface area (Å²) in [6.45, 7) is 9.54. The zero-order valence-electron chi connectivity index (χ0n) is 14.0. The van der Waals surface area contributed by atoms with E-state index < -0.39 is 17.5 Å². The third-order valence-corrected chi connectivity index (χ3v) is 3.74. The van der Waals surface area contributed by atoms with E-state index in [0.717, 1.165) is 12.8 Å². The van der Waals surface area contributed by atoms with Crippen LogP contribution in [-0.2, 0) is 9.59 Å². The molecule has 22 heavy (non-hydrogen) atoms. The second-order valence-corrected chi connectivity index (χ2v) is 6.80. The van der Waals surface area contributed by atoms with Gasteiger partial charge in [-0.2, -0.15) is 0 Å². The third-order valence-electron chi connectivity index (χ3n) is 3.74. The van der Waals surface area contributed by atoms with Crippen molar-refractivity contribution in [1.82, 2.24) is 15.1 Å². The van der Waals surface area contributed by atoms with E-state index in [1.54, 1.807) is 4.90 Å². The molecule has 126 valence electrons. The summed E-state index contributed by atoms with van der Waals surface area (Å²) in [7, 11) is 0. The standard InChI is InChI=1S/C15H28N4O3/c1-5-7-18-8-6-9-19(10-11(18)20)13(21)12(15(2,3)4)17-14(16)22/h12H,5-10H2,1-4H3,(H3,16,17,22)/t12-/m1/s1. The van der Waals surface area contributed by atoms with Gasteiger partial charge in [0.25, 0.3) is 0 Å². The second kappa shape index (κ2) is 7.47. The van der Waals surface area contributed by atoms with Crippen molar-refractivity contribution in [2.75, 3.05) is 26.2 Å². The van der Waals surface area contributed by atoms with E-state index in [1.165, 1.54) is 4.90 Å². The molecule has 1 fully saturated rings. The summed E-state index contributed by atoms with van der Waals surface area (Å²) in [6.07, 6.45) is 1.64. The molecule has 3 N–H and O–H groups in total. The van der Waals surface area contributed by atoms with Crippen LogP contribution in [0.2, 0.25) is 0 Å². The monoisotopic (exact) mass is 312 g/mol. The number of urea groups is 1. The van der Waals surface area contributed by atoms with Crippen molar-refractivity contribution in [2.24, 2.45) is 11.1 Å². The molecule has 7 heteroatoms. The van der Waals surface area contributed by atoms with Gasteiger partial charge in [0.2, 0.25) is 11.8 Å². The molecular formula is C15H28N4O3. The summed E-state index contributed by atoms with van der Waals surface area (Å²) in [4.78, 5) is 39.5. The van der Waals surface area contributed by atoms with Crippen molar-refractivity contribution in [2.45, 2.75) is 46.6 Å². The Balaban J connectivity index is 2.85. The lowest BCUT2D eigenvalue weighted by atomic mass is 9.85. The normalized spacial score (nSPS) is 17.9. The predicted molar refractivity (Wildman–Crippen MR) is 84.0 cm³/mol. The van der Waals surface area contributed by atoms with Gasteiger partial charge < -0.3 is 20.9 Å². The first-order chi connectivity index (χ1) is 10.2. The zero-order valence-corrected chi connectivity index (χ0v) is 14.0. The van der Waals surface area contributed by atoms with Crippen LogP contribution in [-0.4, -0.2) is 59.9 Å². The molecule has 0 unspecified atom stereocenters.